The number of anilines is 3. The summed E-state index contributed by atoms with van der Waals surface area (Å²) in [6.07, 6.45) is 1.95. The van der Waals surface area contributed by atoms with Gasteiger partial charge in [0.25, 0.3) is 0 Å². The standard InChI is InChI=1S/C48H37NO/c1-5-32-14-6-7-15-37(32)36-18-13-22-45(31(36)2)49(35-28-29-40-39-16-8-10-21-43(39)48(3,4)44(40)30-35)34-26-24-33(25-27-34)38-19-12-20-42-41-17-9-11-23-46(41)50-47(38)42/h5-30H,1H2,2-4H3. The minimum absolute atomic E-state index is 0.109. The van der Waals surface area contributed by atoms with Crippen molar-refractivity contribution in [3.05, 3.63) is 180 Å². The van der Waals surface area contributed by atoms with Gasteiger partial charge in [0.15, 0.2) is 0 Å². The Hall–Kier alpha value is -6.12. The molecule has 1 heterocycles. The van der Waals surface area contributed by atoms with Crippen LogP contribution in [0.25, 0.3) is 61.4 Å². The summed E-state index contributed by atoms with van der Waals surface area (Å²) in [6, 6.07) is 54.6. The van der Waals surface area contributed by atoms with E-state index in [4.69, 9.17) is 4.42 Å². The highest BCUT2D eigenvalue weighted by molar-refractivity contribution is 6.09. The molecule has 0 radical (unpaired) electrons. The molecule has 0 aliphatic heterocycles. The van der Waals surface area contributed by atoms with Gasteiger partial charge in [0.2, 0.25) is 0 Å². The number of para-hydroxylation sites is 2. The van der Waals surface area contributed by atoms with Gasteiger partial charge in [-0.2, -0.15) is 0 Å². The normalized spacial score (nSPS) is 12.9. The summed E-state index contributed by atoms with van der Waals surface area (Å²) in [4.78, 5) is 2.42. The zero-order valence-electron chi connectivity index (χ0n) is 28.6. The van der Waals surface area contributed by atoms with E-state index < -0.39 is 0 Å². The molecule has 0 atom stereocenters. The maximum atomic E-state index is 6.42. The largest absolute Gasteiger partial charge is 0.455 e. The third-order valence-corrected chi connectivity index (χ3v) is 10.7. The SMILES string of the molecule is C=Cc1ccccc1-c1cccc(N(c2ccc(-c3cccc4c3oc3ccccc34)cc2)c2ccc3c(c2)C(C)(C)c2ccccc2-3)c1C. The molecule has 1 aliphatic carbocycles. The lowest BCUT2D eigenvalue weighted by atomic mass is 9.82. The molecule has 0 unspecified atom stereocenters. The fraction of sp³-hybridized carbons (Fsp3) is 0.0833. The molecule has 1 aromatic heterocycles. The minimum Gasteiger partial charge on any atom is -0.455 e. The molecular weight excluding hydrogens is 607 g/mol. The average molecular weight is 644 g/mol. The van der Waals surface area contributed by atoms with E-state index in [1.165, 1.54) is 38.9 Å². The Morgan fingerprint density at radius 2 is 1.20 bits per heavy atom. The van der Waals surface area contributed by atoms with Crippen molar-refractivity contribution in [3.8, 4) is 33.4 Å². The second-order valence-electron chi connectivity index (χ2n) is 13.8. The fourth-order valence-corrected chi connectivity index (χ4v) is 8.10. The maximum Gasteiger partial charge on any atom is 0.143 e. The number of hydrogen-bond acceptors (Lipinski definition) is 2. The molecule has 8 aromatic rings. The van der Waals surface area contributed by atoms with Crippen LogP contribution in [0.15, 0.2) is 163 Å². The van der Waals surface area contributed by atoms with Gasteiger partial charge in [0.05, 0.1) is 0 Å². The van der Waals surface area contributed by atoms with Crippen LogP contribution >= 0.6 is 0 Å². The van der Waals surface area contributed by atoms with Gasteiger partial charge in [0, 0.05) is 38.8 Å². The number of nitrogens with zero attached hydrogens (tertiary/aromatic N) is 1. The summed E-state index contributed by atoms with van der Waals surface area (Å²) < 4.78 is 6.42. The van der Waals surface area contributed by atoms with Crippen molar-refractivity contribution in [2.45, 2.75) is 26.2 Å². The Morgan fingerprint density at radius 3 is 2.04 bits per heavy atom. The van der Waals surface area contributed by atoms with E-state index in [0.717, 1.165) is 55.7 Å². The summed E-state index contributed by atoms with van der Waals surface area (Å²) in [7, 11) is 0. The molecule has 0 N–H and O–H groups in total. The van der Waals surface area contributed by atoms with Crippen molar-refractivity contribution >= 4 is 45.1 Å². The lowest BCUT2D eigenvalue weighted by Gasteiger charge is -2.30. The number of hydrogen-bond donors (Lipinski definition) is 0. The number of furan rings is 1. The van der Waals surface area contributed by atoms with Crippen LogP contribution in [0.5, 0.6) is 0 Å². The van der Waals surface area contributed by atoms with Crippen LogP contribution < -0.4 is 4.90 Å². The van der Waals surface area contributed by atoms with Gasteiger partial charge < -0.3 is 9.32 Å². The van der Waals surface area contributed by atoms with Crippen molar-refractivity contribution in [2.24, 2.45) is 0 Å². The van der Waals surface area contributed by atoms with Gasteiger partial charge in [-0.1, -0.05) is 142 Å². The number of benzene rings is 7. The molecule has 0 saturated heterocycles. The van der Waals surface area contributed by atoms with Crippen molar-refractivity contribution in [3.63, 3.8) is 0 Å². The van der Waals surface area contributed by atoms with E-state index in [-0.39, 0.29) is 5.41 Å². The van der Waals surface area contributed by atoms with Crippen LogP contribution in [0.3, 0.4) is 0 Å². The summed E-state index contributed by atoms with van der Waals surface area (Å²) in [5.74, 6) is 0. The van der Waals surface area contributed by atoms with E-state index in [1.54, 1.807) is 0 Å². The second-order valence-corrected chi connectivity index (χ2v) is 13.8. The zero-order chi connectivity index (χ0) is 34.0. The van der Waals surface area contributed by atoms with Gasteiger partial charge in [-0.3, -0.25) is 0 Å². The fourth-order valence-electron chi connectivity index (χ4n) is 8.10. The maximum absolute atomic E-state index is 6.42. The summed E-state index contributed by atoms with van der Waals surface area (Å²) >= 11 is 0. The Bertz CT molecular complexity index is 2600. The number of fused-ring (bicyclic) bond motifs is 6. The lowest BCUT2D eigenvalue weighted by Crippen LogP contribution is -2.17. The van der Waals surface area contributed by atoms with E-state index >= 15 is 0 Å². The first-order valence-corrected chi connectivity index (χ1v) is 17.3. The van der Waals surface area contributed by atoms with Gasteiger partial charge in [0.1, 0.15) is 11.2 Å². The Balaban J connectivity index is 1.22. The summed E-state index contributed by atoms with van der Waals surface area (Å²) in [5, 5.41) is 2.28. The van der Waals surface area contributed by atoms with Crippen LogP contribution in [0.2, 0.25) is 0 Å². The molecule has 2 nitrogen and oxygen atoms in total. The Kier molecular flexibility index (Phi) is 6.89. The third kappa shape index (κ3) is 4.56. The highest BCUT2D eigenvalue weighted by Gasteiger charge is 2.35. The first-order chi connectivity index (χ1) is 24.4. The van der Waals surface area contributed by atoms with Crippen LogP contribution in [0, 0.1) is 6.92 Å². The van der Waals surface area contributed by atoms with Crippen LogP contribution in [0.1, 0.15) is 36.1 Å². The number of rotatable bonds is 6. The molecule has 0 bridgehead atoms. The predicted molar refractivity (Wildman–Crippen MR) is 212 cm³/mol. The predicted octanol–water partition coefficient (Wildman–Crippen LogP) is 13.6. The van der Waals surface area contributed by atoms with Crippen LogP contribution in [0.4, 0.5) is 17.1 Å². The van der Waals surface area contributed by atoms with Gasteiger partial charge in [-0.25, -0.2) is 0 Å². The molecule has 0 amide bonds. The van der Waals surface area contributed by atoms with Gasteiger partial charge >= 0.3 is 0 Å². The van der Waals surface area contributed by atoms with Crippen LogP contribution in [-0.4, -0.2) is 0 Å². The van der Waals surface area contributed by atoms with Crippen molar-refractivity contribution in [1.82, 2.24) is 0 Å². The quantitative estimate of drug-likeness (QED) is 0.179. The lowest BCUT2D eigenvalue weighted by molar-refractivity contribution is 0.660. The molecule has 0 spiro atoms. The van der Waals surface area contributed by atoms with Crippen molar-refractivity contribution in [1.29, 1.82) is 0 Å². The first kappa shape index (κ1) is 30.0. The van der Waals surface area contributed by atoms with Gasteiger partial charge in [-0.05, 0) is 93.4 Å². The van der Waals surface area contributed by atoms with Crippen LogP contribution in [-0.2, 0) is 5.41 Å². The van der Waals surface area contributed by atoms with E-state index in [0.29, 0.717) is 0 Å². The van der Waals surface area contributed by atoms with Gasteiger partial charge in [-0.15, -0.1) is 0 Å². The molecular formula is C48H37NO. The monoisotopic (exact) mass is 643 g/mol. The van der Waals surface area contributed by atoms with E-state index in [2.05, 4.69) is 172 Å². The first-order valence-electron chi connectivity index (χ1n) is 17.3. The average Bonchev–Trinajstić information content (AvgIpc) is 3.65. The molecule has 9 rings (SSSR count). The molecule has 240 valence electrons. The molecule has 2 heteroatoms. The van der Waals surface area contributed by atoms with E-state index in [1.807, 2.05) is 18.2 Å². The highest BCUT2D eigenvalue weighted by atomic mass is 16.3. The molecule has 1 aliphatic rings. The highest BCUT2D eigenvalue weighted by Crippen LogP contribution is 2.51. The van der Waals surface area contributed by atoms with Crippen molar-refractivity contribution < 1.29 is 4.42 Å². The second kappa shape index (κ2) is 11.5. The molecule has 7 aromatic carbocycles. The van der Waals surface area contributed by atoms with E-state index in [9.17, 15) is 0 Å². The summed E-state index contributed by atoms with van der Waals surface area (Å²) in [5.41, 5.74) is 17.4. The summed E-state index contributed by atoms with van der Waals surface area (Å²) in [6.45, 7) is 11.0. The molecule has 50 heavy (non-hydrogen) atoms. The Labute approximate surface area is 293 Å². The molecule has 0 fully saturated rings. The smallest absolute Gasteiger partial charge is 0.143 e. The molecule has 0 saturated carbocycles. The Morgan fingerprint density at radius 1 is 0.560 bits per heavy atom. The van der Waals surface area contributed by atoms with Crippen molar-refractivity contribution in [2.75, 3.05) is 4.90 Å². The minimum atomic E-state index is -0.109. The zero-order valence-corrected chi connectivity index (χ0v) is 28.6. The third-order valence-electron chi connectivity index (χ3n) is 10.7. The topological polar surface area (TPSA) is 16.4 Å².